The molecule has 2 unspecified atom stereocenters. The first-order valence-electron chi connectivity index (χ1n) is 6.56. The molecule has 1 aliphatic rings. The summed E-state index contributed by atoms with van der Waals surface area (Å²) in [5.74, 6) is 0.734. The summed E-state index contributed by atoms with van der Waals surface area (Å²) < 4.78 is 0. The molecule has 0 radical (unpaired) electrons. The Morgan fingerprint density at radius 3 is 2.62 bits per heavy atom. The highest BCUT2D eigenvalue weighted by molar-refractivity contribution is 5.14. The molecule has 1 fully saturated rings. The van der Waals surface area contributed by atoms with Gasteiger partial charge in [-0.05, 0) is 37.2 Å². The van der Waals surface area contributed by atoms with Gasteiger partial charge in [0.2, 0.25) is 0 Å². The number of benzene rings is 1. The first kappa shape index (κ1) is 11.7. The molecular weight excluding hydrogens is 196 g/mol. The van der Waals surface area contributed by atoms with Gasteiger partial charge in [-0.25, -0.2) is 0 Å². The number of hydrogen-bond donors (Lipinski definition) is 1. The Morgan fingerprint density at radius 2 is 1.81 bits per heavy atom. The van der Waals surface area contributed by atoms with Crippen LogP contribution in [0.5, 0.6) is 0 Å². The summed E-state index contributed by atoms with van der Waals surface area (Å²) in [5.41, 5.74) is 1.43. The van der Waals surface area contributed by atoms with Crippen LogP contribution in [0.3, 0.4) is 0 Å². The molecule has 0 aromatic heterocycles. The Balaban J connectivity index is 1.80. The molecule has 1 saturated carbocycles. The Labute approximate surface area is 98.5 Å². The Hall–Kier alpha value is -0.820. The van der Waals surface area contributed by atoms with Gasteiger partial charge >= 0.3 is 0 Å². The lowest BCUT2D eigenvalue weighted by molar-refractivity contribution is 0.139. The van der Waals surface area contributed by atoms with Crippen molar-refractivity contribution in [1.82, 2.24) is 0 Å². The minimum Gasteiger partial charge on any atom is -0.393 e. The lowest BCUT2D eigenvalue weighted by Gasteiger charge is -2.16. The SMILES string of the molecule is OC1CCCCC(CCc2ccccc2)C1. The fourth-order valence-corrected chi connectivity index (χ4v) is 2.71. The third-order valence-corrected chi connectivity index (χ3v) is 3.69. The van der Waals surface area contributed by atoms with Gasteiger partial charge in [0.05, 0.1) is 6.10 Å². The molecule has 16 heavy (non-hydrogen) atoms. The van der Waals surface area contributed by atoms with Crippen molar-refractivity contribution in [2.75, 3.05) is 0 Å². The summed E-state index contributed by atoms with van der Waals surface area (Å²) in [6, 6.07) is 10.7. The third-order valence-electron chi connectivity index (χ3n) is 3.69. The van der Waals surface area contributed by atoms with Crippen LogP contribution in [0.25, 0.3) is 0 Å². The molecule has 88 valence electrons. The van der Waals surface area contributed by atoms with E-state index in [1.807, 2.05) is 0 Å². The van der Waals surface area contributed by atoms with Crippen LogP contribution in [0.4, 0.5) is 0 Å². The van der Waals surface area contributed by atoms with Gasteiger partial charge in [0.15, 0.2) is 0 Å². The maximum Gasteiger partial charge on any atom is 0.0542 e. The van der Waals surface area contributed by atoms with E-state index in [-0.39, 0.29) is 6.10 Å². The average molecular weight is 218 g/mol. The average Bonchev–Trinajstić information content (AvgIpc) is 2.52. The number of aliphatic hydroxyl groups is 1. The Bertz CT molecular complexity index is 294. The van der Waals surface area contributed by atoms with Gasteiger partial charge in [-0.15, -0.1) is 0 Å². The van der Waals surface area contributed by atoms with Gasteiger partial charge in [0.1, 0.15) is 0 Å². The summed E-state index contributed by atoms with van der Waals surface area (Å²) >= 11 is 0. The van der Waals surface area contributed by atoms with Crippen LogP contribution in [0.1, 0.15) is 44.1 Å². The van der Waals surface area contributed by atoms with Crippen LogP contribution < -0.4 is 0 Å². The second-order valence-electron chi connectivity index (χ2n) is 5.06. The lowest BCUT2D eigenvalue weighted by Crippen LogP contribution is -2.11. The quantitative estimate of drug-likeness (QED) is 0.769. The van der Waals surface area contributed by atoms with Crippen molar-refractivity contribution in [3.8, 4) is 0 Å². The minimum absolute atomic E-state index is 0.0386. The largest absolute Gasteiger partial charge is 0.393 e. The molecule has 1 heteroatoms. The van der Waals surface area contributed by atoms with Crippen LogP contribution >= 0.6 is 0 Å². The number of hydrogen-bond acceptors (Lipinski definition) is 1. The predicted octanol–water partition coefficient (Wildman–Crippen LogP) is 3.56. The van der Waals surface area contributed by atoms with Crippen molar-refractivity contribution < 1.29 is 5.11 Å². The molecule has 0 aliphatic heterocycles. The van der Waals surface area contributed by atoms with E-state index >= 15 is 0 Å². The second kappa shape index (κ2) is 6.05. The zero-order valence-corrected chi connectivity index (χ0v) is 9.94. The summed E-state index contributed by atoms with van der Waals surface area (Å²) in [4.78, 5) is 0. The van der Waals surface area contributed by atoms with E-state index in [0.29, 0.717) is 0 Å². The van der Waals surface area contributed by atoms with E-state index in [2.05, 4.69) is 30.3 Å². The Morgan fingerprint density at radius 1 is 1.06 bits per heavy atom. The summed E-state index contributed by atoms with van der Waals surface area (Å²) in [5, 5.41) is 9.76. The van der Waals surface area contributed by atoms with E-state index in [0.717, 1.165) is 25.2 Å². The summed E-state index contributed by atoms with van der Waals surface area (Å²) in [7, 11) is 0. The van der Waals surface area contributed by atoms with Crippen LogP contribution in [0.15, 0.2) is 30.3 Å². The van der Waals surface area contributed by atoms with Crippen LogP contribution in [0, 0.1) is 5.92 Å². The zero-order chi connectivity index (χ0) is 11.2. The lowest BCUT2D eigenvalue weighted by atomic mass is 9.92. The molecule has 2 atom stereocenters. The van der Waals surface area contributed by atoms with E-state index in [1.54, 1.807) is 0 Å². The van der Waals surface area contributed by atoms with Gasteiger partial charge in [-0.1, -0.05) is 49.6 Å². The van der Waals surface area contributed by atoms with Gasteiger partial charge < -0.3 is 5.11 Å². The molecule has 0 amide bonds. The maximum atomic E-state index is 9.76. The van der Waals surface area contributed by atoms with Gasteiger partial charge in [0.25, 0.3) is 0 Å². The Kier molecular flexibility index (Phi) is 4.41. The molecule has 0 heterocycles. The summed E-state index contributed by atoms with van der Waals surface area (Å²) in [6.45, 7) is 0. The highest BCUT2D eigenvalue weighted by Gasteiger charge is 2.17. The molecule has 1 N–H and O–H groups in total. The molecular formula is C15H22O. The smallest absolute Gasteiger partial charge is 0.0542 e. The van der Waals surface area contributed by atoms with Crippen molar-refractivity contribution in [2.24, 2.45) is 5.92 Å². The van der Waals surface area contributed by atoms with Crippen molar-refractivity contribution in [2.45, 2.75) is 51.0 Å². The third kappa shape index (κ3) is 3.64. The van der Waals surface area contributed by atoms with Gasteiger partial charge in [-0.2, -0.15) is 0 Å². The molecule has 0 spiro atoms. The number of aliphatic hydroxyl groups excluding tert-OH is 1. The molecule has 2 rings (SSSR count). The molecule has 1 aliphatic carbocycles. The number of aryl methyl sites for hydroxylation is 1. The first-order chi connectivity index (χ1) is 7.84. The van der Waals surface area contributed by atoms with Gasteiger partial charge in [0, 0.05) is 0 Å². The van der Waals surface area contributed by atoms with Crippen LogP contribution in [-0.2, 0) is 6.42 Å². The van der Waals surface area contributed by atoms with Crippen molar-refractivity contribution in [3.63, 3.8) is 0 Å². The molecule has 1 aromatic rings. The number of rotatable bonds is 3. The van der Waals surface area contributed by atoms with E-state index in [1.165, 1.54) is 31.2 Å². The monoisotopic (exact) mass is 218 g/mol. The zero-order valence-electron chi connectivity index (χ0n) is 9.94. The topological polar surface area (TPSA) is 20.2 Å². The standard InChI is InChI=1S/C15H22O/c16-15-9-5-4-8-14(12-15)11-10-13-6-2-1-3-7-13/h1-3,6-7,14-16H,4-5,8-12H2. The van der Waals surface area contributed by atoms with Crippen molar-refractivity contribution in [1.29, 1.82) is 0 Å². The highest BCUT2D eigenvalue weighted by atomic mass is 16.3. The van der Waals surface area contributed by atoms with Crippen molar-refractivity contribution >= 4 is 0 Å². The van der Waals surface area contributed by atoms with E-state index in [4.69, 9.17) is 0 Å². The molecule has 1 nitrogen and oxygen atoms in total. The minimum atomic E-state index is -0.0386. The fraction of sp³-hybridized carbons (Fsp3) is 0.600. The van der Waals surface area contributed by atoms with Crippen LogP contribution in [0.2, 0.25) is 0 Å². The molecule has 0 bridgehead atoms. The van der Waals surface area contributed by atoms with E-state index in [9.17, 15) is 5.11 Å². The molecule has 0 saturated heterocycles. The molecule has 1 aromatic carbocycles. The normalized spacial score (nSPS) is 26.3. The van der Waals surface area contributed by atoms with E-state index < -0.39 is 0 Å². The second-order valence-corrected chi connectivity index (χ2v) is 5.06. The maximum absolute atomic E-state index is 9.76. The van der Waals surface area contributed by atoms with Crippen LogP contribution in [-0.4, -0.2) is 11.2 Å². The predicted molar refractivity (Wildman–Crippen MR) is 67.3 cm³/mol. The van der Waals surface area contributed by atoms with Gasteiger partial charge in [-0.3, -0.25) is 0 Å². The highest BCUT2D eigenvalue weighted by Crippen LogP contribution is 2.26. The van der Waals surface area contributed by atoms with Crippen molar-refractivity contribution in [3.05, 3.63) is 35.9 Å². The first-order valence-corrected chi connectivity index (χ1v) is 6.56. The summed E-state index contributed by atoms with van der Waals surface area (Å²) in [6.07, 6.45) is 8.22. The fourth-order valence-electron chi connectivity index (χ4n) is 2.71.